The summed E-state index contributed by atoms with van der Waals surface area (Å²) in [6, 6.07) is 6.13. The molecule has 0 saturated heterocycles. The van der Waals surface area contributed by atoms with Gasteiger partial charge in [-0.05, 0) is 17.7 Å². The smallest absolute Gasteiger partial charge is 0.344 e. The lowest BCUT2D eigenvalue weighted by Gasteiger charge is -2.16. The zero-order valence-electron chi connectivity index (χ0n) is 6.50. The molecule has 3 nitrogen and oxygen atoms in total. The molecule has 70 valence electrons. The van der Waals surface area contributed by atoms with Crippen molar-refractivity contribution in [3.05, 3.63) is 34.9 Å². The summed E-state index contributed by atoms with van der Waals surface area (Å²) in [5.74, 6) is -1.31. The zero-order valence-corrected chi connectivity index (χ0v) is 8.01. The summed E-state index contributed by atoms with van der Waals surface area (Å²) in [4.78, 5) is 8.72. The van der Waals surface area contributed by atoms with Crippen molar-refractivity contribution in [2.45, 2.75) is 5.00 Å². The minimum absolute atomic E-state index is 0.258. The van der Waals surface area contributed by atoms with Crippen LogP contribution in [0.2, 0.25) is 5.02 Å². The first kappa shape index (κ1) is 10.3. The lowest BCUT2D eigenvalue weighted by molar-refractivity contribution is -0.140. The van der Waals surface area contributed by atoms with Crippen LogP contribution >= 0.6 is 23.2 Å². The van der Waals surface area contributed by atoms with Gasteiger partial charge in [-0.25, -0.2) is 4.79 Å². The fraction of sp³-hybridized carbons (Fsp3) is 0.125. The molecule has 1 aromatic rings. The summed E-state index contributed by atoms with van der Waals surface area (Å²) in [6.45, 7) is 0. The number of halogens is 2. The maximum absolute atomic E-state index is 10.6. The molecule has 1 rings (SSSR count). The van der Waals surface area contributed by atoms with Crippen LogP contribution < -0.4 is 5.73 Å². The fourth-order valence-electron chi connectivity index (χ4n) is 0.838. The molecule has 0 aliphatic heterocycles. The molecular weight excluding hydrogens is 213 g/mol. The minimum Gasteiger partial charge on any atom is -0.479 e. The SMILES string of the molecule is NC(Cl)(C(=O)O)c1cccc(Cl)c1. The molecule has 1 aromatic carbocycles. The molecule has 13 heavy (non-hydrogen) atoms. The molecular formula is C8H7Cl2NO2. The van der Waals surface area contributed by atoms with E-state index in [9.17, 15) is 4.79 Å². The number of rotatable bonds is 2. The third-order valence-corrected chi connectivity index (χ3v) is 2.17. The predicted molar refractivity (Wildman–Crippen MR) is 50.8 cm³/mol. The molecule has 0 saturated carbocycles. The van der Waals surface area contributed by atoms with Gasteiger partial charge in [0.15, 0.2) is 0 Å². The van der Waals surface area contributed by atoms with Gasteiger partial charge in [-0.1, -0.05) is 35.3 Å². The standard InChI is InChI=1S/C8H7Cl2NO2/c9-6-3-1-2-5(4-6)8(10,11)7(12)13/h1-4H,11H2,(H,12,13). The summed E-state index contributed by atoms with van der Waals surface area (Å²) in [7, 11) is 0. The number of aliphatic carboxylic acids is 1. The van der Waals surface area contributed by atoms with Crippen LogP contribution in [0.5, 0.6) is 0 Å². The highest BCUT2D eigenvalue weighted by Gasteiger charge is 2.33. The topological polar surface area (TPSA) is 63.3 Å². The second-order valence-electron chi connectivity index (χ2n) is 2.53. The highest BCUT2D eigenvalue weighted by atomic mass is 35.5. The van der Waals surface area contributed by atoms with Crippen LogP contribution in [0.25, 0.3) is 0 Å². The molecule has 0 aromatic heterocycles. The summed E-state index contributed by atoms with van der Waals surface area (Å²) in [5.41, 5.74) is 5.62. The van der Waals surface area contributed by atoms with Crippen LogP contribution in [0.4, 0.5) is 0 Å². The molecule has 0 aliphatic rings. The van der Waals surface area contributed by atoms with Crippen molar-refractivity contribution in [3.8, 4) is 0 Å². The summed E-state index contributed by atoms with van der Waals surface area (Å²) in [6.07, 6.45) is 0. The Morgan fingerprint density at radius 2 is 2.15 bits per heavy atom. The Morgan fingerprint density at radius 1 is 1.54 bits per heavy atom. The first-order chi connectivity index (χ1) is 5.94. The van der Waals surface area contributed by atoms with E-state index in [2.05, 4.69) is 0 Å². The molecule has 0 fully saturated rings. The average molecular weight is 220 g/mol. The van der Waals surface area contributed by atoms with E-state index in [4.69, 9.17) is 34.0 Å². The average Bonchev–Trinajstić information content (AvgIpc) is 2.04. The Kier molecular flexibility index (Phi) is 2.81. The van der Waals surface area contributed by atoms with Crippen LogP contribution in [0.3, 0.4) is 0 Å². The van der Waals surface area contributed by atoms with Gasteiger partial charge in [-0.15, -0.1) is 0 Å². The number of carbonyl (C=O) groups is 1. The van der Waals surface area contributed by atoms with E-state index in [1.165, 1.54) is 12.1 Å². The summed E-state index contributed by atoms with van der Waals surface area (Å²) < 4.78 is 0. The van der Waals surface area contributed by atoms with E-state index in [1.807, 2.05) is 0 Å². The second kappa shape index (κ2) is 3.54. The summed E-state index contributed by atoms with van der Waals surface area (Å²) >= 11 is 11.2. The fourth-order valence-corrected chi connectivity index (χ4v) is 1.15. The van der Waals surface area contributed by atoms with Crippen molar-refractivity contribution in [1.29, 1.82) is 0 Å². The number of carboxylic acid groups (broad SMARTS) is 1. The van der Waals surface area contributed by atoms with E-state index < -0.39 is 11.0 Å². The molecule has 0 spiro atoms. The van der Waals surface area contributed by atoms with Crippen LogP contribution in [0, 0.1) is 0 Å². The molecule has 1 atom stereocenters. The highest BCUT2D eigenvalue weighted by Crippen LogP contribution is 2.25. The Morgan fingerprint density at radius 3 is 2.62 bits per heavy atom. The first-order valence-corrected chi connectivity index (χ1v) is 4.17. The molecule has 5 heteroatoms. The number of alkyl halides is 1. The number of nitrogens with two attached hydrogens (primary N) is 1. The van der Waals surface area contributed by atoms with Crippen LogP contribution in [0.1, 0.15) is 5.56 Å². The van der Waals surface area contributed by atoms with Crippen molar-refractivity contribution in [1.82, 2.24) is 0 Å². The number of hydrogen-bond donors (Lipinski definition) is 2. The number of hydrogen-bond acceptors (Lipinski definition) is 2. The lowest BCUT2D eigenvalue weighted by Crippen LogP contribution is -2.38. The number of benzene rings is 1. The molecule has 0 aliphatic carbocycles. The zero-order chi connectivity index (χ0) is 10.1. The Balaban J connectivity index is 3.14. The first-order valence-electron chi connectivity index (χ1n) is 3.42. The molecule has 0 amide bonds. The summed E-state index contributed by atoms with van der Waals surface area (Å²) in [5, 5.41) is 9.08. The van der Waals surface area contributed by atoms with E-state index in [0.29, 0.717) is 5.02 Å². The molecule has 0 heterocycles. The second-order valence-corrected chi connectivity index (χ2v) is 3.56. The minimum atomic E-state index is -1.91. The van der Waals surface area contributed by atoms with E-state index in [0.717, 1.165) is 0 Å². The number of carboxylic acids is 1. The quantitative estimate of drug-likeness (QED) is 0.589. The monoisotopic (exact) mass is 219 g/mol. The van der Waals surface area contributed by atoms with Gasteiger partial charge >= 0.3 is 5.97 Å². The van der Waals surface area contributed by atoms with Gasteiger partial charge in [-0.2, -0.15) is 0 Å². The van der Waals surface area contributed by atoms with E-state index >= 15 is 0 Å². The van der Waals surface area contributed by atoms with Crippen molar-refractivity contribution in [2.24, 2.45) is 5.73 Å². The largest absolute Gasteiger partial charge is 0.479 e. The van der Waals surface area contributed by atoms with Gasteiger partial charge in [0.25, 0.3) is 0 Å². The Labute approximate surface area is 85.1 Å². The van der Waals surface area contributed by atoms with Crippen LogP contribution in [-0.2, 0) is 9.79 Å². The normalized spacial score (nSPS) is 15.0. The maximum atomic E-state index is 10.6. The van der Waals surface area contributed by atoms with Gasteiger partial charge in [0.2, 0.25) is 5.00 Å². The van der Waals surface area contributed by atoms with Gasteiger partial charge in [0.1, 0.15) is 0 Å². The lowest BCUT2D eigenvalue weighted by atomic mass is 10.1. The van der Waals surface area contributed by atoms with Crippen molar-refractivity contribution < 1.29 is 9.90 Å². The molecule has 1 unspecified atom stereocenters. The highest BCUT2D eigenvalue weighted by molar-refractivity contribution is 6.34. The Bertz CT molecular complexity index is 339. The molecule has 3 N–H and O–H groups in total. The third-order valence-electron chi connectivity index (χ3n) is 1.56. The van der Waals surface area contributed by atoms with E-state index in [-0.39, 0.29) is 5.56 Å². The van der Waals surface area contributed by atoms with Gasteiger partial charge < -0.3 is 5.11 Å². The maximum Gasteiger partial charge on any atom is 0.344 e. The Hall–Kier alpha value is -0.770. The van der Waals surface area contributed by atoms with Gasteiger partial charge in [0, 0.05) is 5.02 Å². The predicted octanol–water partition coefficient (Wildman–Crippen LogP) is 1.77. The van der Waals surface area contributed by atoms with Crippen LogP contribution in [-0.4, -0.2) is 11.1 Å². The van der Waals surface area contributed by atoms with Crippen molar-refractivity contribution in [2.75, 3.05) is 0 Å². The van der Waals surface area contributed by atoms with Crippen molar-refractivity contribution in [3.63, 3.8) is 0 Å². The molecule has 0 radical (unpaired) electrons. The third kappa shape index (κ3) is 2.12. The van der Waals surface area contributed by atoms with E-state index in [1.54, 1.807) is 12.1 Å². The molecule has 0 bridgehead atoms. The van der Waals surface area contributed by atoms with Crippen LogP contribution in [0.15, 0.2) is 24.3 Å². The van der Waals surface area contributed by atoms with Gasteiger partial charge in [0.05, 0.1) is 0 Å². The van der Waals surface area contributed by atoms with Crippen molar-refractivity contribution >= 4 is 29.2 Å². The van der Waals surface area contributed by atoms with Gasteiger partial charge in [-0.3, -0.25) is 5.73 Å².